The molecular formula is C46H54N8O7. The quantitative estimate of drug-likeness (QED) is 0.117. The van der Waals surface area contributed by atoms with E-state index >= 15 is 0 Å². The number of ether oxygens (including phenoxy) is 3. The number of benzene rings is 3. The number of nitrogens with zero attached hydrogens (tertiary/aromatic N) is 4. The molecule has 3 fully saturated rings. The highest BCUT2D eigenvalue weighted by atomic mass is 16.5. The van der Waals surface area contributed by atoms with Gasteiger partial charge in [0.05, 0.1) is 49.2 Å². The third-order valence-corrected chi connectivity index (χ3v) is 13.3. The van der Waals surface area contributed by atoms with E-state index in [0.717, 1.165) is 99.9 Å². The number of alkyl carbamates (subject to hydrolysis) is 2. The average molecular weight is 831 g/mol. The van der Waals surface area contributed by atoms with E-state index in [1.165, 1.54) is 14.2 Å². The van der Waals surface area contributed by atoms with Crippen LogP contribution in [0.25, 0.3) is 44.2 Å². The minimum Gasteiger partial charge on any atom is -0.488 e. The maximum absolute atomic E-state index is 14.3. The molecule has 15 nitrogen and oxygen atoms in total. The van der Waals surface area contributed by atoms with Gasteiger partial charge in [0.2, 0.25) is 11.8 Å². The van der Waals surface area contributed by atoms with Crippen LogP contribution in [0.1, 0.15) is 95.5 Å². The highest BCUT2D eigenvalue weighted by molar-refractivity contribution is 6.06. The van der Waals surface area contributed by atoms with Gasteiger partial charge in [-0.05, 0) is 96.7 Å². The first-order valence-corrected chi connectivity index (χ1v) is 21.5. The molecule has 2 aromatic heterocycles. The van der Waals surface area contributed by atoms with Crippen LogP contribution in [0.4, 0.5) is 9.59 Å². The number of carbonyl (C=O) groups is 4. The number of likely N-dealkylation sites (tertiary alicyclic amines) is 2. The van der Waals surface area contributed by atoms with E-state index < -0.39 is 24.3 Å². The number of rotatable bonds is 9. The Bertz CT molecular complexity index is 2530. The van der Waals surface area contributed by atoms with Gasteiger partial charge in [-0.15, -0.1) is 0 Å². The van der Waals surface area contributed by atoms with Crippen molar-refractivity contribution in [3.05, 3.63) is 65.9 Å². The molecule has 4 aliphatic rings. The Hall–Kier alpha value is -6.12. The molecule has 0 bridgehead atoms. The summed E-state index contributed by atoms with van der Waals surface area (Å²) < 4.78 is 16.1. The van der Waals surface area contributed by atoms with Gasteiger partial charge in [0, 0.05) is 29.1 Å². The SMILES string of the molecule is COC(=O)N[C@H](C(=O)N1CCCC1c1ncc(-c2ccc3c(c2)OCc2cc4c(ccc5[nH]c([C@@H]6C[C@@H]7CCC[C@@H]7N6C(=O)[C@@H](NC(=O)OC)C(C)C)nc54)cc2-3)[nH]1)C(C)C. The number of carbonyl (C=O) groups excluding carboxylic acids is 4. The van der Waals surface area contributed by atoms with Gasteiger partial charge >= 0.3 is 12.2 Å². The van der Waals surface area contributed by atoms with Crippen molar-refractivity contribution in [3.8, 4) is 28.1 Å². The average Bonchev–Trinajstić information content (AvgIpc) is 4.11. The van der Waals surface area contributed by atoms with Crippen LogP contribution in [-0.4, -0.2) is 92.6 Å². The predicted octanol–water partition coefficient (Wildman–Crippen LogP) is 7.53. The summed E-state index contributed by atoms with van der Waals surface area (Å²) in [7, 11) is 2.60. The first-order chi connectivity index (χ1) is 29.4. The van der Waals surface area contributed by atoms with Crippen molar-refractivity contribution in [1.29, 1.82) is 0 Å². The zero-order valence-electron chi connectivity index (χ0n) is 35.5. The van der Waals surface area contributed by atoms with Crippen LogP contribution in [0, 0.1) is 17.8 Å². The van der Waals surface area contributed by atoms with Gasteiger partial charge in [-0.3, -0.25) is 9.59 Å². The molecule has 1 saturated carbocycles. The number of amides is 4. The first kappa shape index (κ1) is 40.3. The minimum absolute atomic E-state index is 0.0929. The Labute approximate surface area is 354 Å². The highest BCUT2D eigenvalue weighted by Crippen LogP contribution is 2.48. The van der Waals surface area contributed by atoms with E-state index in [0.29, 0.717) is 24.9 Å². The third kappa shape index (κ3) is 7.20. The molecule has 6 atom stereocenters. The lowest BCUT2D eigenvalue weighted by atomic mass is 9.92. The van der Waals surface area contributed by atoms with Gasteiger partial charge in [0.25, 0.3) is 0 Å². The van der Waals surface area contributed by atoms with Gasteiger partial charge in [0.1, 0.15) is 36.1 Å². The van der Waals surface area contributed by atoms with Gasteiger partial charge in [-0.25, -0.2) is 19.6 Å². The highest BCUT2D eigenvalue weighted by Gasteiger charge is 2.49. The molecule has 61 heavy (non-hydrogen) atoms. The molecule has 4 amide bonds. The Morgan fingerprint density at radius 1 is 0.820 bits per heavy atom. The van der Waals surface area contributed by atoms with Crippen molar-refractivity contribution in [2.75, 3.05) is 20.8 Å². The summed E-state index contributed by atoms with van der Waals surface area (Å²) in [5.74, 6) is 2.15. The molecule has 2 saturated heterocycles. The lowest BCUT2D eigenvalue weighted by Gasteiger charge is -2.33. The number of aromatic amines is 2. The van der Waals surface area contributed by atoms with E-state index in [1.807, 2.05) is 43.6 Å². The van der Waals surface area contributed by atoms with E-state index in [9.17, 15) is 19.2 Å². The molecule has 9 rings (SSSR count). The Kier molecular flexibility index (Phi) is 10.6. The fourth-order valence-corrected chi connectivity index (χ4v) is 10.2. The van der Waals surface area contributed by atoms with Crippen molar-refractivity contribution >= 4 is 45.8 Å². The monoisotopic (exact) mass is 830 g/mol. The summed E-state index contributed by atoms with van der Waals surface area (Å²) in [6, 6.07) is 13.0. The van der Waals surface area contributed by atoms with Crippen molar-refractivity contribution in [1.82, 2.24) is 40.4 Å². The molecule has 4 N–H and O–H groups in total. The molecule has 15 heteroatoms. The fourth-order valence-electron chi connectivity index (χ4n) is 10.2. The standard InChI is InChI=1S/C46H54N8O7/c1-23(2)38(51-45(57)59-5)43(55)53-16-8-11-35(53)41-47-21-33(49-41)26-12-14-29-30-17-25-13-15-32-40(31(25)18-28(30)22-61-37(29)20-26)50-42(48-32)36-19-27-9-7-10-34(27)54(36)44(56)39(24(3)4)52-46(58)60-6/h12-15,17-18,20-21,23-24,27,34-36,38-39H,7-11,16,19,22H2,1-6H3,(H,47,49)(H,48,50)(H,51,57)(H,52,58)/t27-,34-,35?,36-,38-,39-/m0/s1. The van der Waals surface area contributed by atoms with Crippen LogP contribution in [0.15, 0.2) is 48.7 Å². The number of nitrogens with one attached hydrogen (secondary N) is 4. The zero-order chi connectivity index (χ0) is 42.7. The molecular weight excluding hydrogens is 777 g/mol. The van der Waals surface area contributed by atoms with Crippen molar-refractivity contribution in [2.24, 2.45) is 17.8 Å². The topological polar surface area (TPSA) is 184 Å². The Balaban J connectivity index is 0.974. The van der Waals surface area contributed by atoms with Crippen LogP contribution < -0.4 is 15.4 Å². The van der Waals surface area contributed by atoms with E-state index in [-0.39, 0.29) is 41.8 Å². The van der Waals surface area contributed by atoms with Crippen LogP contribution in [0.2, 0.25) is 0 Å². The van der Waals surface area contributed by atoms with Gasteiger partial charge < -0.3 is 44.6 Å². The molecule has 5 heterocycles. The molecule has 0 radical (unpaired) electrons. The van der Waals surface area contributed by atoms with Gasteiger partial charge in [-0.2, -0.15) is 0 Å². The second-order valence-electron chi connectivity index (χ2n) is 17.7. The molecule has 1 unspecified atom stereocenters. The minimum atomic E-state index is -0.705. The van der Waals surface area contributed by atoms with Gasteiger partial charge in [-0.1, -0.05) is 46.2 Å². The van der Waals surface area contributed by atoms with Crippen LogP contribution in [-0.2, 0) is 25.7 Å². The molecule has 3 aromatic carbocycles. The lowest BCUT2D eigenvalue weighted by Crippen LogP contribution is -2.53. The summed E-state index contributed by atoms with van der Waals surface area (Å²) in [6.45, 7) is 8.65. The normalized spacial score (nSPS) is 21.6. The number of H-pyrrole nitrogens is 2. The maximum atomic E-state index is 14.3. The molecule has 3 aliphatic heterocycles. The van der Waals surface area contributed by atoms with Gasteiger partial charge in [0.15, 0.2) is 0 Å². The number of fused-ring (bicyclic) bond motifs is 7. The second kappa shape index (κ2) is 16.1. The molecule has 5 aromatic rings. The zero-order valence-corrected chi connectivity index (χ0v) is 35.5. The van der Waals surface area contributed by atoms with Crippen LogP contribution in [0.5, 0.6) is 5.75 Å². The van der Waals surface area contributed by atoms with E-state index in [4.69, 9.17) is 24.2 Å². The summed E-state index contributed by atoms with van der Waals surface area (Å²) in [4.78, 5) is 73.1. The number of imidazole rings is 2. The summed E-state index contributed by atoms with van der Waals surface area (Å²) in [5.41, 5.74) is 6.64. The van der Waals surface area contributed by atoms with E-state index in [1.54, 1.807) is 6.20 Å². The summed E-state index contributed by atoms with van der Waals surface area (Å²) >= 11 is 0. The second-order valence-corrected chi connectivity index (χ2v) is 17.7. The van der Waals surface area contributed by atoms with E-state index in [2.05, 4.69) is 57.0 Å². The number of aromatic nitrogens is 4. The molecule has 0 spiro atoms. The number of hydrogen-bond acceptors (Lipinski definition) is 9. The third-order valence-electron chi connectivity index (χ3n) is 13.3. The van der Waals surface area contributed by atoms with Crippen molar-refractivity contribution in [3.63, 3.8) is 0 Å². The van der Waals surface area contributed by atoms with Crippen LogP contribution >= 0.6 is 0 Å². The maximum Gasteiger partial charge on any atom is 0.407 e. The molecule has 1 aliphatic carbocycles. The lowest BCUT2D eigenvalue weighted by molar-refractivity contribution is -0.138. The molecule has 320 valence electrons. The number of methoxy groups -OCH3 is 2. The largest absolute Gasteiger partial charge is 0.488 e. The predicted molar refractivity (Wildman–Crippen MR) is 228 cm³/mol. The first-order valence-electron chi connectivity index (χ1n) is 21.5. The van der Waals surface area contributed by atoms with Crippen LogP contribution in [0.3, 0.4) is 0 Å². The van der Waals surface area contributed by atoms with Crippen molar-refractivity contribution < 1.29 is 33.4 Å². The Morgan fingerprint density at radius 3 is 2.31 bits per heavy atom. The smallest absolute Gasteiger partial charge is 0.407 e. The summed E-state index contributed by atoms with van der Waals surface area (Å²) in [5, 5.41) is 7.57. The fraction of sp³-hybridized carbons (Fsp3) is 0.478. The Morgan fingerprint density at radius 2 is 1.57 bits per heavy atom. The number of hydrogen-bond donors (Lipinski definition) is 4. The van der Waals surface area contributed by atoms with Crippen molar-refractivity contribution in [2.45, 2.75) is 103 Å². The summed E-state index contributed by atoms with van der Waals surface area (Å²) in [6.07, 6.45) is 6.07.